The molecule has 1 aromatic heterocycles. The Morgan fingerprint density at radius 2 is 1.65 bits per heavy atom. The average molecular weight is 486 g/mol. The fourth-order valence-corrected chi connectivity index (χ4v) is 3.88. The van der Waals surface area contributed by atoms with Crippen LogP contribution in [0.2, 0.25) is 5.02 Å². The van der Waals surface area contributed by atoms with Crippen LogP contribution in [-0.2, 0) is 13.6 Å². The van der Waals surface area contributed by atoms with Crippen molar-refractivity contribution in [2.45, 2.75) is 6.54 Å². The molecular formula is C25H21ClN3NaO4. The molecule has 4 aromatic rings. The van der Waals surface area contributed by atoms with Gasteiger partial charge in [0.15, 0.2) is 0 Å². The van der Waals surface area contributed by atoms with E-state index in [0.29, 0.717) is 27.2 Å². The molecule has 34 heavy (non-hydrogen) atoms. The summed E-state index contributed by atoms with van der Waals surface area (Å²) in [6.45, 7) is 0.0808. The number of nitrogens with zero attached hydrogens (tertiary/aromatic N) is 1. The van der Waals surface area contributed by atoms with Crippen LogP contribution in [0, 0.1) is 0 Å². The molecule has 0 spiro atoms. The van der Waals surface area contributed by atoms with Crippen molar-refractivity contribution in [2.24, 2.45) is 7.05 Å². The molecule has 0 aliphatic carbocycles. The number of aromatic carboxylic acids is 1. The number of carbonyl (C=O) groups is 2. The topological polar surface area (TPSA) is 100 Å². The van der Waals surface area contributed by atoms with E-state index in [0.717, 1.165) is 11.1 Å². The molecule has 7 nitrogen and oxygen atoms in total. The van der Waals surface area contributed by atoms with Gasteiger partial charge in [0.05, 0.1) is 12.1 Å². The Balaban J connectivity index is 0.00000324. The SMILES string of the molecule is Cn1c(CNC(=O)Nc2ccc(C(=O)O)cc2)c(-c2ccccc2)c2cc(Cl)ccc2c1=O.[NaH]. The van der Waals surface area contributed by atoms with E-state index in [1.165, 1.54) is 28.8 Å². The van der Waals surface area contributed by atoms with Crippen LogP contribution in [0.4, 0.5) is 10.5 Å². The van der Waals surface area contributed by atoms with Crippen molar-refractivity contribution in [1.82, 2.24) is 9.88 Å². The van der Waals surface area contributed by atoms with Gasteiger partial charge in [-0.05, 0) is 53.4 Å². The van der Waals surface area contributed by atoms with Crippen LogP contribution in [-0.4, -0.2) is 51.2 Å². The van der Waals surface area contributed by atoms with Crippen LogP contribution in [0.3, 0.4) is 0 Å². The predicted molar refractivity (Wildman–Crippen MR) is 136 cm³/mol. The quantitative estimate of drug-likeness (QED) is 0.368. The monoisotopic (exact) mass is 485 g/mol. The second-order valence-corrected chi connectivity index (χ2v) is 7.87. The number of rotatable bonds is 5. The van der Waals surface area contributed by atoms with E-state index in [1.807, 2.05) is 30.3 Å². The van der Waals surface area contributed by atoms with Crippen molar-refractivity contribution in [2.75, 3.05) is 5.32 Å². The number of aromatic nitrogens is 1. The van der Waals surface area contributed by atoms with E-state index in [4.69, 9.17) is 16.7 Å². The fourth-order valence-electron chi connectivity index (χ4n) is 3.71. The number of hydrogen-bond acceptors (Lipinski definition) is 3. The zero-order chi connectivity index (χ0) is 23.5. The van der Waals surface area contributed by atoms with Crippen LogP contribution in [0.5, 0.6) is 0 Å². The number of carbonyl (C=O) groups excluding carboxylic acids is 1. The van der Waals surface area contributed by atoms with Crippen molar-refractivity contribution in [3.05, 3.63) is 99.4 Å². The minimum atomic E-state index is -1.04. The van der Waals surface area contributed by atoms with E-state index in [1.54, 1.807) is 25.2 Å². The van der Waals surface area contributed by atoms with Crippen LogP contribution >= 0.6 is 11.6 Å². The van der Waals surface area contributed by atoms with E-state index >= 15 is 0 Å². The van der Waals surface area contributed by atoms with Gasteiger partial charge in [-0.1, -0.05) is 41.9 Å². The summed E-state index contributed by atoms with van der Waals surface area (Å²) in [7, 11) is 1.67. The molecule has 0 unspecified atom stereocenters. The molecule has 3 aromatic carbocycles. The molecule has 0 fully saturated rings. The number of fused-ring (bicyclic) bond motifs is 1. The zero-order valence-corrected chi connectivity index (χ0v) is 18.4. The van der Waals surface area contributed by atoms with Gasteiger partial charge in [0, 0.05) is 34.4 Å². The summed E-state index contributed by atoms with van der Waals surface area (Å²) >= 11 is 6.25. The first-order valence-electron chi connectivity index (χ1n) is 10.1. The molecule has 9 heteroatoms. The van der Waals surface area contributed by atoms with Gasteiger partial charge in [-0.15, -0.1) is 0 Å². The number of pyridine rings is 1. The van der Waals surface area contributed by atoms with E-state index < -0.39 is 12.0 Å². The number of halogens is 1. The second kappa shape index (κ2) is 10.9. The summed E-state index contributed by atoms with van der Waals surface area (Å²) < 4.78 is 1.53. The average Bonchev–Trinajstić information content (AvgIpc) is 2.81. The Bertz CT molecular complexity index is 1420. The summed E-state index contributed by atoms with van der Waals surface area (Å²) in [5, 5.41) is 16.2. The summed E-state index contributed by atoms with van der Waals surface area (Å²) in [5.74, 6) is -1.04. The normalized spacial score (nSPS) is 10.4. The molecule has 0 aliphatic rings. The van der Waals surface area contributed by atoms with Crippen molar-refractivity contribution in [3.8, 4) is 11.1 Å². The molecule has 0 atom stereocenters. The van der Waals surface area contributed by atoms with Gasteiger partial charge in [0.2, 0.25) is 0 Å². The second-order valence-electron chi connectivity index (χ2n) is 7.43. The molecule has 0 aliphatic heterocycles. The Labute approximate surface area is 222 Å². The fraction of sp³-hybridized carbons (Fsp3) is 0.0800. The predicted octanol–water partition coefficient (Wildman–Crippen LogP) is 4.23. The summed E-state index contributed by atoms with van der Waals surface area (Å²) in [4.78, 5) is 36.5. The summed E-state index contributed by atoms with van der Waals surface area (Å²) in [6.07, 6.45) is 0. The number of anilines is 1. The minimum absolute atomic E-state index is 0. The zero-order valence-electron chi connectivity index (χ0n) is 17.6. The van der Waals surface area contributed by atoms with Gasteiger partial charge < -0.3 is 20.3 Å². The molecule has 0 saturated heterocycles. The number of carboxylic acid groups (broad SMARTS) is 1. The van der Waals surface area contributed by atoms with Gasteiger partial charge in [-0.25, -0.2) is 9.59 Å². The maximum absolute atomic E-state index is 13.0. The Kier molecular flexibility index (Phi) is 8.17. The van der Waals surface area contributed by atoms with Crippen LogP contribution < -0.4 is 16.2 Å². The summed E-state index contributed by atoms with van der Waals surface area (Å²) in [5.41, 5.74) is 2.70. The molecular weight excluding hydrogens is 465 g/mol. The molecule has 3 N–H and O–H groups in total. The van der Waals surface area contributed by atoms with Gasteiger partial charge >= 0.3 is 41.6 Å². The van der Waals surface area contributed by atoms with Gasteiger partial charge in [-0.2, -0.15) is 0 Å². The molecule has 0 radical (unpaired) electrons. The number of nitrogens with one attached hydrogen (secondary N) is 2. The van der Waals surface area contributed by atoms with E-state index in [9.17, 15) is 14.4 Å². The van der Waals surface area contributed by atoms with Gasteiger partial charge in [-0.3, -0.25) is 4.79 Å². The third kappa shape index (κ3) is 5.34. The van der Waals surface area contributed by atoms with Crippen molar-refractivity contribution >= 4 is 69.6 Å². The number of urea groups is 1. The Hall–Kier alpha value is -3.10. The third-order valence-corrected chi connectivity index (χ3v) is 5.58. The Morgan fingerprint density at radius 1 is 0.971 bits per heavy atom. The van der Waals surface area contributed by atoms with Crippen molar-refractivity contribution < 1.29 is 14.7 Å². The van der Waals surface area contributed by atoms with Crippen LogP contribution in [0.25, 0.3) is 21.9 Å². The number of carboxylic acids is 1. The van der Waals surface area contributed by atoms with Crippen LogP contribution in [0.1, 0.15) is 16.1 Å². The van der Waals surface area contributed by atoms with Crippen molar-refractivity contribution in [1.29, 1.82) is 0 Å². The molecule has 0 saturated carbocycles. The molecule has 168 valence electrons. The Morgan fingerprint density at radius 3 is 2.29 bits per heavy atom. The number of benzene rings is 3. The van der Waals surface area contributed by atoms with Gasteiger partial charge in [0.1, 0.15) is 0 Å². The van der Waals surface area contributed by atoms with Crippen molar-refractivity contribution in [3.63, 3.8) is 0 Å². The first-order chi connectivity index (χ1) is 15.8. The molecule has 4 rings (SSSR count). The maximum atomic E-state index is 13.0. The van der Waals surface area contributed by atoms with E-state index in [-0.39, 0.29) is 47.2 Å². The van der Waals surface area contributed by atoms with E-state index in [2.05, 4.69) is 10.6 Å². The number of amides is 2. The molecule has 1 heterocycles. The standard InChI is InChI=1S/C25H20ClN3O4.Na.H/c1-29-21(14-27-25(33)28-18-10-7-16(8-11-18)24(31)32)22(15-5-3-2-4-6-15)20-13-17(26)9-12-19(20)23(29)30;;/h2-13H,14H2,1H3,(H,31,32)(H2,27,28,33);;. The third-order valence-electron chi connectivity index (χ3n) is 5.35. The summed E-state index contributed by atoms with van der Waals surface area (Å²) in [6, 6.07) is 20.1. The molecule has 2 amide bonds. The first kappa shape index (κ1) is 25.5. The molecule has 0 bridgehead atoms. The first-order valence-corrected chi connectivity index (χ1v) is 10.5. The van der Waals surface area contributed by atoms with Gasteiger partial charge in [0.25, 0.3) is 5.56 Å². The number of hydrogen-bond donors (Lipinski definition) is 3. The van der Waals surface area contributed by atoms with Crippen LogP contribution in [0.15, 0.2) is 77.6 Å².